The van der Waals surface area contributed by atoms with Crippen LogP contribution in [-0.4, -0.2) is 35.4 Å². The van der Waals surface area contributed by atoms with Crippen LogP contribution in [0.2, 0.25) is 5.02 Å². The van der Waals surface area contributed by atoms with E-state index in [0.717, 1.165) is 25.0 Å². The molecule has 0 aliphatic carbocycles. The summed E-state index contributed by atoms with van der Waals surface area (Å²) in [5.41, 5.74) is 0.897. The highest BCUT2D eigenvalue weighted by molar-refractivity contribution is 8.00. The van der Waals surface area contributed by atoms with E-state index in [1.54, 1.807) is 18.3 Å². The number of nitrogens with zero attached hydrogens (tertiary/aromatic N) is 1. The van der Waals surface area contributed by atoms with Crippen molar-refractivity contribution in [2.45, 2.75) is 36.3 Å². The molecular weight excluding hydrogens is 348 g/mol. The van der Waals surface area contributed by atoms with Crippen LogP contribution in [0.5, 0.6) is 0 Å². The number of oxazole rings is 1. The van der Waals surface area contributed by atoms with Gasteiger partial charge in [0.25, 0.3) is 5.22 Å². The van der Waals surface area contributed by atoms with Gasteiger partial charge in [0.1, 0.15) is 0 Å². The first-order valence-corrected chi connectivity index (χ1v) is 9.15. The number of halogens is 1. The van der Waals surface area contributed by atoms with Crippen molar-refractivity contribution in [1.29, 1.82) is 0 Å². The number of thioether (sulfide) groups is 1. The summed E-state index contributed by atoms with van der Waals surface area (Å²) >= 11 is 7.18. The molecule has 0 saturated carbocycles. The Morgan fingerprint density at radius 3 is 2.96 bits per heavy atom. The van der Waals surface area contributed by atoms with Crippen molar-refractivity contribution >= 4 is 29.3 Å². The minimum absolute atomic E-state index is 0.0401. The van der Waals surface area contributed by atoms with Crippen LogP contribution in [0, 0.1) is 0 Å². The third kappa shape index (κ3) is 4.53. The van der Waals surface area contributed by atoms with E-state index in [4.69, 9.17) is 20.8 Å². The molecule has 1 aliphatic heterocycles. The van der Waals surface area contributed by atoms with Crippen LogP contribution in [0.1, 0.15) is 19.8 Å². The van der Waals surface area contributed by atoms with E-state index < -0.39 is 0 Å². The zero-order valence-electron chi connectivity index (χ0n) is 13.3. The third-order valence-electron chi connectivity index (χ3n) is 3.79. The Bertz CT molecular complexity index is 683. The molecule has 2 aromatic rings. The molecule has 24 heavy (non-hydrogen) atoms. The molecule has 7 heteroatoms. The summed E-state index contributed by atoms with van der Waals surface area (Å²) in [6.07, 6.45) is 3.87. The maximum atomic E-state index is 12.1. The molecule has 0 unspecified atom stereocenters. The molecule has 128 valence electrons. The minimum Gasteiger partial charge on any atom is -0.431 e. The molecule has 1 aliphatic rings. The van der Waals surface area contributed by atoms with E-state index in [1.165, 1.54) is 11.8 Å². The second-order valence-electron chi connectivity index (χ2n) is 5.64. The van der Waals surface area contributed by atoms with E-state index in [0.29, 0.717) is 22.6 Å². The van der Waals surface area contributed by atoms with Gasteiger partial charge in [-0.15, -0.1) is 0 Å². The number of carbonyl (C=O) groups is 1. The Hall–Kier alpha value is -1.50. The zero-order valence-corrected chi connectivity index (χ0v) is 14.9. The summed E-state index contributed by atoms with van der Waals surface area (Å²) in [6, 6.07) is 7.34. The molecule has 2 heterocycles. The van der Waals surface area contributed by atoms with Gasteiger partial charge in [0.15, 0.2) is 5.76 Å². The molecule has 1 N–H and O–H groups in total. The Kier molecular flexibility index (Phi) is 5.81. The molecule has 2 atom stereocenters. The Balaban J connectivity index is 1.53. The van der Waals surface area contributed by atoms with Gasteiger partial charge in [-0.3, -0.25) is 4.79 Å². The quantitative estimate of drug-likeness (QED) is 0.788. The molecule has 1 aromatic heterocycles. The average molecular weight is 367 g/mol. The van der Waals surface area contributed by atoms with Gasteiger partial charge < -0.3 is 14.5 Å². The molecule has 1 aromatic carbocycles. The van der Waals surface area contributed by atoms with Crippen LogP contribution in [0.4, 0.5) is 0 Å². The fourth-order valence-corrected chi connectivity index (χ4v) is 3.30. The van der Waals surface area contributed by atoms with Crippen LogP contribution in [0.25, 0.3) is 11.3 Å². The van der Waals surface area contributed by atoms with Crippen molar-refractivity contribution in [2.24, 2.45) is 0 Å². The van der Waals surface area contributed by atoms with Gasteiger partial charge >= 0.3 is 0 Å². The topological polar surface area (TPSA) is 64.4 Å². The smallest absolute Gasteiger partial charge is 0.256 e. The lowest BCUT2D eigenvalue weighted by molar-refractivity contribution is -0.120. The molecule has 1 fully saturated rings. The number of ether oxygens (including phenoxy) is 1. The molecular formula is C17H19ClN2O3S. The van der Waals surface area contributed by atoms with Crippen molar-refractivity contribution in [3.05, 3.63) is 35.5 Å². The fraction of sp³-hybridized carbons (Fsp3) is 0.412. The zero-order chi connectivity index (χ0) is 16.9. The van der Waals surface area contributed by atoms with Crippen LogP contribution >= 0.6 is 23.4 Å². The second kappa shape index (κ2) is 8.05. The highest BCUT2D eigenvalue weighted by Gasteiger charge is 2.21. The summed E-state index contributed by atoms with van der Waals surface area (Å²) in [7, 11) is 0. The SMILES string of the molecule is C[C@H](Sc1ncc(-c2ccc(Cl)cc2)o1)C(=O)NC[C@@H]1CCCO1. The summed E-state index contributed by atoms with van der Waals surface area (Å²) in [6.45, 7) is 3.18. The summed E-state index contributed by atoms with van der Waals surface area (Å²) in [5.74, 6) is 0.614. The predicted molar refractivity (Wildman–Crippen MR) is 94.3 cm³/mol. The number of benzene rings is 1. The highest BCUT2D eigenvalue weighted by atomic mass is 35.5. The van der Waals surface area contributed by atoms with Crippen LogP contribution in [0.3, 0.4) is 0 Å². The lowest BCUT2D eigenvalue weighted by Crippen LogP contribution is -2.36. The molecule has 5 nitrogen and oxygen atoms in total. The number of aromatic nitrogens is 1. The molecule has 0 radical (unpaired) electrons. The third-order valence-corrected chi connectivity index (χ3v) is 5.00. The van der Waals surface area contributed by atoms with Gasteiger partial charge in [-0.25, -0.2) is 4.98 Å². The number of hydrogen-bond acceptors (Lipinski definition) is 5. The number of hydrogen-bond donors (Lipinski definition) is 1. The van der Waals surface area contributed by atoms with Crippen molar-refractivity contribution in [3.8, 4) is 11.3 Å². The minimum atomic E-state index is -0.289. The number of carbonyl (C=O) groups excluding carboxylic acids is 1. The average Bonchev–Trinajstić information content (AvgIpc) is 3.25. The van der Waals surface area contributed by atoms with E-state index >= 15 is 0 Å². The van der Waals surface area contributed by atoms with Crippen molar-refractivity contribution < 1.29 is 13.9 Å². The number of rotatable bonds is 6. The number of nitrogens with one attached hydrogen (secondary N) is 1. The predicted octanol–water partition coefficient (Wildman–Crippen LogP) is 3.77. The van der Waals surface area contributed by atoms with Crippen molar-refractivity contribution in [1.82, 2.24) is 10.3 Å². The molecule has 1 amide bonds. The molecule has 3 rings (SSSR count). The Morgan fingerprint density at radius 1 is 1.46 bits per heavy atom. The first-order valence-electron chi connectivity index (χ1n) is 7.89. The largest absolute Gasteiger partial charge is 0.431 e. The summed E-state index contributed by atoms with van der Waals surface area (Å²) < 4.78 is 11.2. The maximum Gasteiger partial charge on any atom is 0.256 e. The Morgan fingerprint density at radius 2 is 2.25 bits per heavy atom. The van der Waals surface area contributed by atoms with Crippen LogP contribution in [-0.2, 0) is 9.53 Å². The lowest BCUT2D eigenvalue weighted by atomic mass is 10.2. The summed E-state index contributed by atoms with van der Waals surface area (Å²) in [5, 5.41) is 3.77. The van der Waals surface area contributed by atoms with E-state index in [1.807, 2.05) is 19.1 Å². The molecule has 0 bridgehead atoms. The molecule has 0 spiro atoms. The van der Waals surface area contributed by atoms with E-state index in [2.05, 4.69) is 10.3 Å². The Labute approximate surface area is 150 Å². The lowest BCUT2D eigenvalue weighted by Gasteiger charge is -2.13. The normalized spacial score (nSPS) is 18.5. The number of amides is 1. The second-order valence-corrected chi connectivity index (χ2v) is 7.37. The van der Waals surface area contributed by atoms with Gasteiger partial charge in [-0.2, -0.15) is 0 Å². The van der Waals surface area contributed by atoms with Gasteiger partial charge in [-0.05, 0) is 44.0 Å². The van der Waals surface area contributed by atoms with Gasteiger partial charge in [-0.1, -0.05) is 23.4 Å². The standard InChI is InChI=1S/C17H19ClN2O3S/c1-11(16(21)19-9-14-3-2-8-22-14)24-17-20-10-15(23-17)12-4-6-13(18)7-5-12/h4-7,10-11,14H,2-3,8-9H2,1H3,(H,19,21)/t11-,14-/m0/s1. The first kappa shape index (κ1) is 17.3. The van der Waals surface area contributed by atoms with Gasteiger partial charge in [0.2, 0.25) is 5.91 Å². The van der Waals surface area contributed by atoms with Gasteiger partial charge in [0.05, 0.1) is 17.6 Å². The monoisotopic (exact) mass is 366 g/mol. The van der Waals surface area contributed by atoms with Crippen LogP contribution < -0.4 is 5.32 Å². The van der Waals surface area contributed by atoms with Crippen molar-refractivity contribution in [3.63, 3.8) is 0 Å². The first-order chi connectivity index (χ1) is 11.6. The molecule has 1 saturated heterocycles. The van der Waals surface area contributed by atoms with Crippen LogP contribution in [0.15, 0.2) is 40.1 Å². The van der Waals surface area contributed by atoms with Gasteiger partial charge in [0, 0.05) is 23.7 Å². The van der Waals surface area contributed by atoms with E-state index in [9.17, 15) is 4.79 Å². The highest BCUT2D eigenvalue weighted by Crippen LogP contribution is 2.28. The van der Waals surface area contributed by atoms with Crippen molar-refractivity contribution in [2.75, 3.05) is 13.2 Å². The fourth-order valence-electron chi connectivity index (χ4n) is 2.43. The summed E-state index contributed by atoms with van der Waals surface area (Å²) in [4.78, 5) is 16.4. The van der Waals surface area contributed by atoms with E-state index in [-0.39, 0.29) is 17.3 Å². The maximum absolute atomic E-state index is 12.1.